The fraction of sp³-hybridized carbons (Fsp3) is 0.588. The predicted molar refractivity (Wildman–Crippen MR) is 81.4 cm³/mol. The minimum atomic E-state index is 0.213. The smallest absolute Gasteiger partial charge is 0.176 e. The Bertz CT molecular complexity index is 427. The Morgan fingerprint density at radius 3 is 2.70 bits per heavy atom. The second-order valence-corrected chi connectivity index (χ2v) is 5.56. The van der Waals surface area contributed by atoms with Crippen molar-refractivity contribution in [1.29, 1.82) is 0 Å². The molecule has 1 unspecified atom stereocenters. The van der Waals surface area contributed by atoms with Gasteiger partial charge in [-0.05, 0) is 56.5 Å². The van der Waals surface area contributed by atoms with Gasteiger partial charge >= 0.3 is 0 Å². The molecule has 0 saturated carbocycles. The van der Waals surface area contributed by atoms with Gasteiger partial charge in [0.25, 0.3) is 0 Å². The van der Waals surface area contributed by atoms with Crippen molar-refractivity contribution in [2.75, 3.05) is 26.2 Å². The number of carbonyl (C=O) groups excluding carboxylic acids is 1. The van der Waals surface area contributed by atoms with Crippen LogP contribution in [-0.2, 0) is 0 Å². The molecule has 0 N–H and O–H groups in total. The van der Waals surface area contributed by atoms with Crippen LogP contribution in [0, 0.1) is 5.92 Å². The van der Waals surface area contributed by atoms with Gasteiger partial charge in [0.15, 0.2) is 5.78 Å². The van der Waals surface area contributed by atoms with Crippen molar-refractivity contribution in [2.24, 2.45) is 5.92 Å². The largest absolute Gasteiger partial charge is 0.494 e. The van der Waals surface area contributed by atoms with E-state index in [0.717, 1.165) is 30.3 Å². The van der Waals surface area contributed by atoms with Crippen molar-refractivity contribution in [3.05, 3.63) is 29.8 Å². The lowest BCUT2D eigenvalue weighted by molar-refractivity contribution is 0.0943. The van der Waals surface area contributed by atoms with E-state index in [2.05, 4.69) is 11.8 Å². The Morgan fingerprint density at radius 1 is 1.30 bits per heavy atom. The summed E-state index contributed by atoms with van der Waals surface area (Å²) in [7, 11) is 0. The van der Waals surface area contributed by atoms with E-state index in [1.54, 1.807) is 0 Å². The second-order valence-electron chi connectivity index (χ2n) is 5.56. The lowest BCUT2D eigenvalue weighted by Gasteiger charge is -2.15. The molecule has 1 aliphatic heterocycles. The van der Waals surface area contributed by atoms with Crippen LogP contribution in [-0.4, -0.2) is 36.9 Å². The van der Waals surface area contributed by atoms with Gasteiger partial charge in [-0.2, -0.15) is 0 Å². The summed E-state index contributed by atoms with van der Waals surface area (Å²) in [5, 5.41) is 0. The molecule has 1 fully saturated rings. The summed E-state index contributed by atoms with van der Waals surface area (Å²) in [5.41, 5.74) is 0.785. The van der Waals surface area contributed by atoms with Crippen molar-refractivity contribution in [3.8, 4) is 5.75 Å². The normalized spacial score (nSPS) is 19.2. The Balaban J connectivity index is 1.85. The molecule has 1 aromatic carbocycles. The number of hydrogen-bond acceptors (Lipinski definition) is 3. The number of benzene rings is 1. The van der Waals surface area contributed by atoms with Crippen LogP contribution in [0.2, 0.25) is 0 Å². The third kappa shape index (κ3) is 4.07. The first kappa shape index (κ1) is 15.0. The van der Waals surface area contributed by atoms with E-state index in [0.29, 0.717) is 13.2 Å². The van der Waals surface area contributed by atoms with Crippen LogP contribution in [0.4, 0.5) is 0 Å². The quantitative estimate of drug-likeness (QED) is 0.714. The van der Waals surface area contributed by atoms with E-state index in [1.165, 1.54) is 19.3 Å². The summed E-state index contributed by atoms with van der Waals surface area (Å²) in [6.07, 6.45) is 3.77. The lowest BCUT2D eigenvalue weighted by Crippen LogP contribution is -2.27. The van der Waals surface area contributed by atoms with Crippen molar-refractivity contribution in [2.45, 2.75) is 33.1 Å². The van der Waals surface area contributed by atoms with E-state index in [4.69, 9.17) is 4.74 Å². The lowest BCUT2D eigenvalue weighted by atomic mass is 10.0. The van der Waals surface area contributed by atoms with Gasteiger partial charge in [0.1, 0.15) is 5.75 Å². The number of Topliss-reactive ketones (excluding diaryl/α,β-unsaturated/α-hetero) is 1. The molecular weight excluding hydrogens is 250 g/mol. The fourth-order valence-electron chi connectivity index (χ4n) is 2.90. The van der Waals surface area contributed by atoms with Crippen LogP contribution in [0.3, 0.4) is 0 Å². The average molecular weight is 275 g/mol. The summed E-state index contributed by atoms with van der Waals surface area (Å²) in [4.78, 5) is 14.5. The molecule has 20 heavy (non-hydrogen) atoms. The van der Waals surface area contributed by atoms with Crippen molar-refractivity contribution in [1.82, 2.24) is 4.90 Å². The molecular formula is C17H25NO2. The zero-order valence-corrected chi connectivity index (χ0v) is 12.6. The molecule has 1 atom stereocenters. The molecule has 0 spiro atoms. The molecule has 0 aliphatic carbocycles. The number of ketones is 1. The van der Waals surface area contributed by atoms with Crippen LogP contribution in [0.15, 0.2) is 24.3 Å². The van der Waals surface area contributed by atoms with Gasteiger partial charge in [0.05, 0.1) is 13.2 Å². The molecule has 2 rings (SSSR count). The summed E-state index contributed by atoms with van der Waals surface area (Å²) in [6.45, 7) is 7.53. The number of rotatable bonds is 7. The van der Waals surface area contributed by atoms with Crippen molar-refractivity contribution >= 4 is 5.78 Å². The first-order valence-electron chi connectivity index (χ1n) is 7.71. The van der Waals surface area contributed by atoms with Gasteiger partial charge in [0, 0.05) is 12.1 Å². The molecule has 3 nitrogen and oxygen atoms in total. The molecule has 1 aromatic rings. The van der Waals surface area contributed by atoms with E-state index in [-0.39, 0.29) is 5.78 Å². The zero-order valence-electron chi connectivity index (χ0n) is 12.6. The van der Waals surface area contributed by atoms with Gasteiger partial charge in [0.2, 0.25) is 0 Å². The molecule has 110 valence electrons. The fourth-order valence-corrected chi connectivity index (χ4v) is 2.90. The van der Waals surface area contributed by atoms with Gasteiger partial charge in [-0.15, -0.1) is 0 Å². The summed E-state index contributed by atoms with van der Waals surface area (Å²) < 4.78 is 5.39. The van der Waals surface area contributed by atoms with E-state index < -0.39 is 0 Å². The number of carbonyl (C=O) groups is 1. The molecule has 1 saturated heterocycles. The molecule has 0 aromatic heterocycles. The minimum Gasteiger partial charge on any atom is -0.494 e. The molecule has 3 heteroatoms. The SMILES string of the molecule is CCCC1CCN(CC(=O)c2ccc(OCC)cc2)C1. The molecule has 0 bridgehead atoms. The van der Waals surface area contributed by atoms with Gasteiger partial charge < -0.3 is 4.74 Å². The highest BCUT2D eigenvalue weighted by atomic mass is 16.5. The molecule has 0 amide bonds. The summed E-state index contributed by atoms with van der Waals surface area (Å²) >= 11 is 0. The minimum absolute atomic E-state index is 0.213. The van der Waals surface area contributed by atoms with E-state index in [1.807, 2.05) is 31.2 Å². The van der Waals surface area contributed by atoms with Crippen LogP contribution >= 0.6 is 0 Å². The van der Waals surface area contributed by atoms with Crippen LogP contribution in [0.5, 0.6) is 5.75 Å². The maximum absolute atomic E-state index is 12.3. The van der Waals surface area contributed by atoms with Crippen molar-refractivity contribution < 1.29 is 9.53 Å². The highest BCUT2D eigenvalue weighted by Gasteiger charge is 2.23. The Labute approximate surface area is 121 Å². The first-order chi connectivity index (χ1) is 9.72. The summed E-state index contributed by atoms with van der Waals surface area (Å²) in [5.74, 6) is 1.83. The standard InChI is InChI=1S/C17H25NO2/c1-3-5-14-10-11-18(12-14)13-17(19)15-6-8-16(9-7-15)20-4-2/h6-9,14H,3-5,10-13H2,1-2H3. The Kier molecular flexibility index (Phi) is 5.60. The van der Waals surface area contributed by atoms with Gasteiger partial charge in [-0.3, -0.25) is 9.69 Å². The third-order valence-electron chi connectivity index (χ3n) is 3.92. The third-order valence-corrected chi connectivity index (χ3v) is 3.92. The van der Waals surface area contributed by atoms with Crippen LogP contribution in [0.25, 0.3) is 0 Å². The average Bonchev–Trinajstić information content (AvgIpc) is 2.88. The number of ether oxygens (including phenoxy) is 1. The van der Waals surface area contributed by atoms with Crippen molar-refractivity contribution in [3.63, 3.8) is 0 Å². The van der Waals surface area contributed by atoms with Crippen LogP contribution in [0.1, 0.15) is 43.5 Å². The molecule has 1 aliphatic rings. The summed E-state index contributed by atoms with van der Waals surface area (Å²) in [6, 6.07) is 7.49. The highest BCUT2D eigenvalue weighted by molar-refractivity contribution is 5.97. The number of hydrogen-bond donors (Lipinski definition) is 0. The molecule has 0 radical (unpaired) electrons. The predicted octanol–water partition coefficient (Wildman–Crippen LogP) is 3.39. The topological polar surface area (TPSA) is 29.5 Å². The van der Waals surface area contributed by atoms with Gasteiger partial charge in [-0.1, -0.05) is 13.3 Å². The Morgan fingerprint density at radius 2 is 2.05 bits per heavy atom. The maximum Gasteiger partial charge on any atom is 0.176 e. The highest BCUT2D eigenvalue weighted by Crippen LogP contribution is 2.21. The first-order valence-corrected chi connectivity index (χ1v) is 7.71. The molecule has 1 heterocycles. The van der Waals surface area contributed by atoms with Gasteiger partial charge in [-0.25, -0.2) is 0 Å². The second kappa shape index (κ2) is 7.44. The zero-order chi connectivity index (χ0) is 14.4. The number of likely N-dealkylation sites (tertiary alicyclic amines) is 1. The van der Waals surface area contributed by atoms with E-state index >= 15 is 0 Å². The van der Waals surface area contributed by atoms with E-state index in [9.17, 15) is 4.79 Å². The maximum atomic E-state index is 12.3. The monoisotopic (exact) mass is 275 g/mol. The Hall–Kier alpha value is -1.35. The van der Waals surface area contributed by atoms with Crippen LogP contribution < -0.4 is 4.74 Å². The number of nitrogens with zero attached hydrogens (tertiary/aromatic N) is 1.